The molecule has 2 unspecified atom stereocenters. The Balaban J connectivity index is 2.08. The third-order valence-corrected chi connectivity index (χ3v) is 5.42. The van der Waals surface area contributed by atoms with Crippen LogP contribution >= 0.6 is 35.0 Å². The normalized spacial score (nSPS) is 13.5. The summed E-state index contributed by atoms with van der Waals surface area (Å²) < 4.78 is 7.06. The number of hydrogen-bond donors (Lipinski definition) is 0. The maximum Gasteiger partial charge on any atom is 0.368 e. The molecule has 0 amide bonds. The number of nitrogens with zero attached hydrogens (tertiary/aromatic N) is 2. The second-order valence-electron chi connectivity index (χ2n) is 5.28. The summed E-state index contributed by atoms with van der Waals surface area (Å²) in [6.45, 7) is 2.54. The number of rotatable bonds is 8. The van der Waals surface area contributed by atoms with E-state index in [2.05, 4.69) is 11.9 Å². The van der Waals surface area contributed by atoms with Gasteiger partial charge in [0, 0.05) is 17.4 Å². The van der Waals surface area contributed by atoms with Crippen LogP contribution in [0, 0.1) is 0 Å². The number of aromatic nitrogens is 2. The molecule has 0 N–H and O–H groups in total. The minimum absolute atomic E-state index is 0.309. The molecule has 0 fully saturated rings. The lowest BCUT2D eigenvalue weighted by molar-refractivity contribution is 0.172. The molecule has 0 saturated heterocycles. The van der Waals surface area contributed by atoms with E-state index >= 15 is 0 Å². The number of halogens is 2. The number of alkyl halides is 1. The maximum absolute atomic E-state index is 12.2. The van der Waals surface area contributed by atoms with Crippen LogP contribution in [0.4, 0.5) is 4.79 Å². The zero-order valence-electron chi connectivity index (χ0n) is 13.4. The van der Waals surface area contributed by atoms with Gasteiger partial charge in [-0.1, -0.05) is 55.1 Å². The van der Waals surface area contributed by atoms with Crippen molar-refractivity contribution in [3.63, 3.8) is 0 Å². The van der Waals surface area contributed by atoms with Gasteiger partial charge >= 0.3 is 5.30 Å². The molecule has 1 heterocycles. The van der Waals surface area contributed by atoms with Crippen molar-refractivity contribution in [3.05, 3.63) is 53.6 Å². The molecule has 0 aliphatic carbocycles. The van der Waals surface area contributed by atoms with E-state index in [9.17, 15) is 4.79 Å². The summed E-state index contributed by atoms with van der Waals surface area (Å²) in [5.74, 6) is 0. The van der Waals surface area contributed by atoms with Crippen molar-refractivity contribution in [2.24, 2.45) is 0 Å². The lowest BCUT2D eigenvalue weighted by Crippen LogP contribution is -2.12. The van der Waals surface area contributed by atoms with Gasteiger partial charge < -0.3 is 9.30 Å². The lowest BCUT2D eigenvalue weighted by Gasteiger charge is -2.22. The molecule has 7 heteroatoms. The second kappa shape index (κ2) is 9.97. The van der Waals surface area contributed by atoms with Crippen LogP contribution in [0.5, 0.6) is 0 Å². The fourth-order valence-corrected chi connectivity index (χ4v) is 3.60. The van der Waals surface area contributed by atoms with E-state index in [0.29, 0.717) is 11.6 Å². The van der Waals surface area contributed by atoms with Crippen molar-refractivity contribution in [2.75, 3.05) is 6.61 Å². The number of hydrogen-bond acceptors (Lipinski definition) is 4. The Morgan fingerprint density at radius 3 is 2.71 bits per heavy atom. The topological polar surface area (TPSA) is 44.1 Å². The summed E-state index contributed by atoms with van der Waals surface area (Å²) >= 11 is 13.6. The minimum atomic E-state index is -0.470. The van der Waals surface area contributed by atoms with Crippen LogP contribution in [-0.4, -0.2) is 21.5 Å². The molecule has 0 spiro atoms. The third kappa shape index (κ3) is 5.72. The smallest absolute Gasteiger partial charge is 0.368 e. The Hall–Kier alpha value is -1.17. The van der Waals surface area contributed by atoms with Crippen molar-refractivity contribution in [1.82, 2.24) is 9.55 Å². The van der Waals surface area contributed by atoms with Crippen molar-refractivity contribution >= 4 is 40.3 Å². The summed E-state index contributed by atoms with van der Waals surface area (Å²) in [7, 11) is 0. The van der Waals surface area contributed by atoms with Gasteiger partial charge in [0.25, 0.3) is 0 Å². The maximum atomic E-state index is 12.2. The highest BCUT2D eigenvalue weighted by molar-refractivity contribution is 8.13. The first-order valence-electron chi connectivity index (χ1n) is 7.82. The largest absolute Gasteiger partial charge is 0.458 e. The standard InChI is InChI=1S/C17H20Cl2N2O2S/c1-2-3-4-11-23-17(22)24-15(13-5-7-14(18)8-6-13)16(19)21-10-9-20-12-21/h5-10,12,15-16H,2-4,11H2,1H3. The summed E-state index contributed by atoms with van der Waals surface area (Å²) in [4.78, 5) is 16.2. The van der Waals surface area contributed by atoms with Gasteiger partial charge in [-0.15, -0.1) is 0 Å². The molecule has 0 aliphatic rings. The van der Waals surface area contributed by atoms with Gasteiger partial charge in [-0.3, -0.25) is 0 Å². The summed E-state index contributed by atoms with van der Waals surface area (Å²) in [6, 6.07) is 7.32. The SMILES string of the molecule is CCCCCOC(=O)SC(c1ccc(Cl)cc1)C(Cl)n1ccnc1. The molecule has 130 valence electrons. The van der Waals surface area contributed by atoms with Gasteiger partial charge in [0.15, 0.2) is 0 Å². The van der Waals surface area contributed by atoms with Crippen molar-refractivity contribution in [2.45, 2.75) is 36.9 Å². The zero-order valence-corrected chi connectivity index (χ0v) is 15.7. The number of thioether (sulfide) groups is 1. The number of unbranched alkanes of at least 4 members (excludes halogenated alkanes) is 2. The highest BCUT2D eigenvalue weighted by Crippen LogP contribution is 2.42. The van der Waals surface area contributed by atoms with Crippen LogP contribution in [0.1, 0.15) is 42.5 Å². The predicted molar refractivity (Wildman–Crippen MR) is 99.8 cm³/mol. The number of ether oxygens (including phenoxy) is 1. The van der Waals surface area contributed by atoms with E-state index in [-0.39, 0.29) is 10.6 Å². The zero-order chi connectivity index (χ0) is 17.4. The number of carbonyl (C=O) groups excluding carboxylic acids is 1. The molecule has 0 saturated carbocycles. The van der Waals surface area contributed by atoms with E-state index < -0.39 is 5.50 Å². The van der Waals surface area contributed by atoms with E-state index in [0.717, 1.165) is 36.6 Å². The van der Waals surface area contributed by atoms with E-state index in [1.165, 1.54) is 0 Å². The van der Waals surface area contributed by atoms with Crippen LogP contribution in [0.25, 0.3) is 0 Å². The average molecular weight is 387 g/mol. The highest BCUT2D eigenvalue weighted by Gasteiger charge is 2.27. The quantitative estimate of drug-likeness (QED) is 0.313. The predicted octanol–water partition coefficient (Wildman–Crippen LogP) is 6.08. The molecular weight excluding hydrogens is 367 g/mol. The van der Waals surface area contributed by atoms with Crippen LogP contribution in [0.2, 0.25) is 5.02 Å². The molecule has 1 aromatic carbocycles. The van der Waals surface area contributed by atoms with E-state index in [1.54, 1.807) is 35.4 Å². The fraction of sp³-hybridized carbons (Fsp3) is 0.412. The van der Waals surface area contributed by atoms with Crippen LogP contribution in [-0.2, 0) is 4.74 Å². The first kappa shape index (κ1) is 19.2. The number of carbonyl (C=O) groups is 1. The molecule has 0 radical (unpaired) electrons. The van der Waals surface area contributed by atoms with Crippen molar-refractivity contribution in [3.8, 4) is 0 Å². The third-order valence-electron chi connectivity index (χ3n) is 3.45. The monoisotopic (exact) mass is 386 g/mol. The van der Waals surface area contributed by atoms with Gasteiger partial charge in [-0.2, -0.15) is 0 Å². The Morgan fingerprint density at radius 1 is 1.33 bits per heavy atom. The molecule has 0 aliphatic heterocycles. The lowest BCUT2D eigenvalue weighted by atomic mass is 10.1. The average Bonchev–Trinajstić information content (AvgIpc) is 3.11. The van der Waals surface area contributed by atoms with Gasteiger partial charge in [0.2, 0.25) is 0 Å². The molecule has 4 nitrogen and oxygen atoms in total. The van der Waals surface area contributed by atoms with Crippen LogP contribution in [0.15, 0.2) is 43.0 Å². The molecule has 2 atom stereocenters. The van der Waals surface area contributed by atoms with Crippen LogP contribution < -0.4 is 0 Å². The van der Waals surface area contributed by atoms with Gasteiger partial charge in [0.1, 0.15) is 5.50 Å². The molecular formula is C17H20Cl2N2O2S. The molecule has 0 bridgehead atoms. The first-order valence-corrected chi connectivity index (χ1v) is 9.51. The Morgan fingerprint density at radius 2 is 2.08 bits per heavy atom. The molecule has 1 aromatic heterocycles. The second-order valence-corrected chi connectivity index (χ2v) is 7.24. The summed E-state index contributed by atoms with van der Waals surface area (Å²) in [5, 5.41) is 0.00650. The van der Waals surface area contributed by atoms with Crippen molar-refractivity contribution in [1.29, 1.82) is 0 Å². The van der Waals surface area contributed by atoms with Crippen molar-refractivity contribution < 1.29 is 9.53 Å². The van der Waals surface area contributed by atoms with E-state index in [1.807, 2.05) is 12.1 Å². The summed E-state index contributed by atoms with van der Waals surface area (Å²) in [5.41, 5.74) is 0.436. The molecule has 2 rings (SSSR count). The Kier molecular flexibility index (Phi) is 7.95. The Bertz CT molecular complexity index is 620. The van der Waals surface area contributed by atoms with Gasteiger partial charge in [0.05, 0.1) is 18.2 Å². The number of benzene rings is 1. The Labute approximate surface area is 156 Å². The minimum Gasteiger partial charge on any atom is -0.458 e. The van der Waals surface area contributed by atoms with Gasteiger partial charge in [-0.25, -0.2) is 9.78 Å². The molecule has 2 aromatic rings. The number of imidazole rings is 1. The highest BCUT2D eigenvalue weighted by atomic mass is 35.5. The molecule has 24 heavy (non-hydrogen) atoms. The van der Waals surface area contributed by atoms with E-state index in [4.69, 9.17) is 27.9 Å². The summed E-state index contributed by atoms with van der Waals surface area (Å²) in [6.07, 6.45) is 8.07. The fourth-order valence-electron chi connectivity index (χ4n) is 2.15. The first-order chi connectivity index (χ1) is 11.6. The van der Waals surface area contributed by atoms with Crippen LogP contribution in [0.3, 0.4) is 0 Å². The van der Waals surface area contributed by atoms with Gasteiger partial charge in [-0.05, 0) is 35.9 Å².